The van der Waals surface area contributed by atoms with Crippen molar-refractivity contribution >= 4 is 23.0 Å². The number of hydrogen-bond acceptors (Lipinski definition) is 3. The normalized spacial score (nSPS) is 10.2. The molecule has 0 saturated carbocycles. The highest BCUT2D eigenvalue weighted by atomic mass is 32.1. The van der Waals surface area contributed by atoms with E-state index in [0.29, 0.717) is 28.8 Å². The molecule has 0 fully saturated rings. The number of aryl methyl sites for hydroxylation is 1. The molecule has 24 heavy (non-hydrogen) atoms. The van der Waals surface area contributed by atoms with Crippen LogP contribution in [0.3, 0.4) is 0 Å². The van der Waals surface area contributed by atoms with Gasteiger partial charge in [0.15, 0.2) is 16.6 Å². The van der Waals surface area contributed by atoms with Gasteiger partial charge in [-0.3, -0.25) is 0 Å². The highest BCUT2D eigenvalue weighted by Gasteiger charge is 2.06. The minimum Gasteiger partial charge on any atom is -0.493 e. The molecule has 0 aromatic heterocycles. The van der Waals surface area contributed by atoms with Crippen molar-refractivity contribution in [2.24, 2.45) is 0 Å². The summed E-state index contributed by atoms with van der Waals surface area (Å²) in [6, 6.07) is 10.6. The zero-order valence-electron chi connectivity index (χ0n) is 14.0. The fourth-order valence-corrected chi connectivity index (χ4v) is 2.47. The van der Waals surface area contributed by atoms with Crippen molar-refractivity contribution in [2.75, 3.05) is 26.1 Å². The minimum absolute atomic E-state index is 0.329. The van der Waals surface area contributed by atoms with Crippen molar-refractivity contribution in [2.45, 2.75) is 13.3 Å². The summed E-state index contributed by atoms with van der Waals surface area (Å²) < 4.78 is 24.2. The molecule has 0 spiro atoms. The first-order valence-corrected chi connectivity index (χ1v) is 7.96. The number of methoxy groups -OCH3 is 2. The van der Waals surface area contributed by atoms with Crippen LogP contribution in [0.4, 0.5) is 10.1 Å². The van der Waals surface area contributed by atoms with E-state index in [-0.39, 0.29) is 5.82 Å². The lowest BCUT2D eigenvalue weighted by molar-refractivity contribution is 0.354. The van der Waals surface area contributed by atoms with E-state index in [0.717, 1.165) is 17.5 Å². The Labute approximate surface area is 147 Å². The van der Waals surface area contributed by atoms with Crippen molar-refractivity contribution < 1.29 is 13.9 Å². The summed E-state index contributed by atoms with van der Waals surface area (Å²) >= 11 is 5.21. The van der Waals surface area contributed by atoms with Gasteiger partial charge in [-0.25, -0.2) is 4.39 Å². The first kappa shape index (κ1) is 18.0. The van der Waals surface area contributed by atoms with Gasteiger partial charge in [0.2, 0.25) is 0 Å². The smallest absolute Gasteiger partial charge is 0.170 e. The Balaban J connectivity index is 1.87. The van der Waals surface area contributed by atoms with E-state index in [1.54, 1.807) is 26.4 Å². The summed E-state index contributed by atoms with van der Waals surface area (Å²) in [5, 5.41) is 6.34. The molecule has 0 amide bonds. The molecule has 0 radical (unpaired) electrons. The number of hydrogen-bond donors (Lipinski definition) is 2. The third-order valence-corrected chi connectivity index (χ3v) is 3.76. The van der Waals surface area contributed by atoms with Crippen LogP contribution in [0, 0.1) is 12.7 Å². The predicted molar refractivity (Wildman–Crippen MR) is 98.6 cm³/mol. The molecule has 2 aromatic rings. The zero-order valence-corrected chi connectivity index (χ0v) is 14.8. The number of nitrogens with one attached hydrogen (secondary N) is 2. The molecular weight excluding hydrogens is 327 g/mol. The summed E-state index contributed by atoms with van der Waals surface area (Å²) in [5.41, 5.74) is 2.43. The van der Waals surface area contributed by atoms with Gasteiger partial charge in [0.25, 0.3) is 0 Å². The first-order chi connectivity index (χ1) is 11.5. The molecule has 2 rings (SSSR count). The molecule has 0 aliphatic rings. The van der Waals surface area contributed by atoms with Crippen LogP contribution in [0.25, 0.3) is 0 Å². The molecule has 0 atom stereocenters. The van der Waals surface area contributed by atoms with Crippen molar-refractivity contribution in [1.82, 2.24) is 5.32 Å². The molecular formula is C18H21FN2O2S. The molecule has 0 heterocycles. The Hall–Kier alpha value is -2.34. The highest BCUT2D eigenvalue weighted by molar-refractivity contribution is 7.80. The maximum Gasteiger partial charge on any atom is 0.170 e. The third kappa shape index (κ3) is 4.83. The lowest BCUT2D eigenvalue weighted by Gasteiger charge is -2.13. The number of rotatable bonds is 6. The van der Waals surface area contributed by atoms with Gasteiger partial charge in [0.05, 0.1) is 19.9 Å². The second-order valence-corrected chi connectivity index (χ2v) is 5.71. The summed E-state index contributed by atoms with van der Waals surface area (Å²) in [4.78, 5) is 0. The quantitative estimate of drug-likeness (QED) is 0.780. The van der Waals surface area contributed by atoms with Crippen molar-refractivity contribution in [3.63, 3.8) is 0 Å². The van der Waals surface area contributed by atoms with Gasteiger partial charge in [0, 0.05) is 6.54 Å². The average Bonchev–Trinajstić information content (AvgIpc) is 2.58. The van der Waals surface area contributed by atoms with Crippen molar-refractivity contribution in [3.05, 3.63) is 53.3 Å². The van der Waals surface area contributed by atoms with Crippen LogP contribution in [-0.2, 0) is 6.42 Å². The van der Waals surface area contributed by atoms with Gasteiger partial charge in [-0.05, 0) is 61.0 Å². The van der Waals surface area contributed by atoms with E-state index in [1.165, 1.54) is 6.07 Å². The number of ether oxygens (including phenoxy) is 2. The Bertz CT molecular complexity index is 722. The minimum atomic E-state index is -0.329. The zero-order chi connectivity index (χ0) is 17.5. The molecule has 0 bridgehead atoms. The van der Waals surface area contributed by atoms with E-state index < -0.39 is 0 Å². The van der Waals surface area contributed by atoms with Crippen LogP contribution in [0.1, 0.15) is 11.1 Å². The number of halogens is 1. The van der Waals surface area contributed by atoms with E-state index in [4.69, 9.17) is 21.7 Å². The monoisotopic (exact) mass is 348 g/mol. The van der Waals surface area contributed by atoms with Gasteiger partial charge in [-0.2, -0.15) is 0 Å². The van der Waals surface area contributed by atoms with E-state index in [2.05, 4.69) is 10.6 Å². The first-order valence-electron chi connectivity index (χ1n) is 7.55. The lowest BCUT2D eigenvalue weighted by atomic mass is 10.1. The van der Waals surface area contributed by atoms with Gasteiger partial charge < -0.3 is 20.1 Å². The fourth-order valence-electron chi connectivity index (χ4n) is 2.26. The maximum atomic E-state index is 13.7. The van der Waals surface area contributed by atoms with Gasteiger partial charge in [-0.1, -0.05) is 12.1 Å². The highest BCUT2D eigenvalue weighted by Crippen LogP contribution is 2.27. The van der Waals surface area contributed by atoms with Crippen LogP contribution in [0.5, 0.6) is 11.5 Å². The van der Waals surface area contributed by atoms with Crippen molar-refractivity contribution in [3.8, 4) is 11.5 Å². The predicted octanol–water partition coefficient (Wildman–Crippen LogP) is 3.68. The molecule has 0 unspecified atom stereocenters. The van der Waals surface area contributed by atoms with Crippen LogP contribution in [-0.4, -0.2) is 25.9 Å². The number of benzene rings is 2. The van der Waals surface area contributed by atoms with Crippen LogP contribution in [0.2, 0.25) is 0 Å². The average molecular weight is 348 g/mol. The second kappa shape index (κ2) is 8.49. The number of thiocarbonyl (C=S) groups is 1. The molecule has 2 N–H and O–H groups in total. The van der Waals surface area contributed by atoms with Crippen LogP contribution < -0.4 is 20.1 Å². The third-order valence-electron chi connectivity index (χ3n) is 3.52. The molecule has 128 valence electrons. The second-order valence-electron chi connectivity index (χ2n) is 5.30. The summed E-state index contributed by atoms with van der Waals surface area (Å²) in [5.74, 6) is 1.06. The standard InChI is InChI=1S/C18H21FN2O2S/c1-12-4-6-14(19)15(10-12)21-18(24)20-9-8-13-5-7-16(22-2)17(11-13)23-3/h4-7,10-11H,8-9H2,1-3H3,(H2,20,21,24). The van der Waals surface area contributed by atoms with Crippen LogP contribution >= 0.6 is 12.2 Å². The van der Waals surface area contributed by atoms with E-state index in [1.807, 2.05) is 25.1 Å². The van der Waals surface area contributed by atoms with Crippen LogP contribution in [0.15, 0.2) is 36.4 Å². The number of anilines is 1. The Morgan fingerprint density at radius 3 is 2.54 bits per heavy atom. The van der Waals surface area contributed by atoms with E-state index >= 15 is 0 Å². The summed E-state index contributed by atoms with van der Waals surface area (Å²) in [6.07, 6.45) is 0.748. The molecule has 0 aliphatic carbocycles. The lowest BCUT2D eigenvalue weighted by Crippen LogP contribution is -2.30. The summed E-state index contributed by atoms with van der Waals surface area (Å²) in [6.45, 7) is 2.52. The van der Waals surface area contributed by atoms with E-state index in [9.17, 15) is 4.39 Å². The topological polar surface area (TPSA) is 42.5 Å². The van der Waals surface area contributed by atoms with Gasteiger partial charge >= 0.3 is 0 Å². The van der Waals surface area contributed by atoms with Gasteiger partial charge in [-0.15, -0.1) is 0 Å². The maximum absolute atomic E-state index is 13.7. The Morgan fingerprint density at radius 2 is 1.83 bits per heavy atom. The molecule has 2 aromatic carbocycles. The molecule has 6 heteroatoms. The largest absolute Gasteiger partial charge is 0.493 e. The Morgan fingerprint density at radius 1 is 1.08 bits per heavy atom. The SMILES string of the molecule is COc1ccc(CCNC(=S)Nc2cc(C)ccc2F)cc1OC. The van der Waals surface area contributed by atoms with Crippen molar-refractivity contribution in [1.29, 1.82) is 0 Å². The molecule has 4 nitrogen and oxygen atoms in total. The fraction of sp³-hybridized carbons (Fsp3) is 0.278. The molecule has 0 saturated heterocycles. The van der Waals surface area contributed by atoms with Gasteiger partial charge in [0.1, 0.15) is 5.82 Å². The Kier molecular flexibility index (Phi) is 6.37. The summed E-state index contributed by atoms with van der Waals surface area (Å²) in [7, 11) is 3.21. The molecule has 0 aliphatic heterocycles.